The molecule has 104 valence electrons. The second-order valence-corrected chi connectivity index (χ2v) is 3.85. The van der Waals surface area contributed by atoms with E-state index in [-0.39, 0.29) is 11.3 Å². The van der Waals surface area contributed by atoms with E-state index < -0.39 is 17.7 Å². The highest BCUT2D eigenvalue weighted by Gasteiger charge is 2.31. The third kappa shape index (κ3) is 4.31. The quantitative estimate of drug-likeness (QED) is 0.634. The summed E-state index contributed by atoms with van der Waals surface area (Å²) in [6.07, 6.45) is -0.172. The summed E-state index contributed by atoms with van der Waals surface area (Å²) in [5, 5.41) is 11.7. The van der Waals surface area contributed by atoms with Gasteiger partial charge in [0.2, 0.25) is 0 Å². The molecule has 0 fully saturated rings. The maximum Gasteiger partial charge on any atom is 0.416 e. The lowest BCUT2D eigenvalue weighted by Crippen LogP contribution is -2.11. The van der Waals surface area contributed by atoms with Crippen LogP contribution < -0.4 is 5.32 Å². The molecule has 0 bridgehead atoms. The molecule has 2 N–H and O–H groups in total. The molecule has 0 unspecified atom stereocenters. The highest BCUT2D eigenvalue weighted by Crippen LogP contribution is 2.31. The minimum Gasteiger partial charge on any atom is -0.478 e. The molecular weight excluding hydrogens is 259 g/mol. The number of hydrogen-bond donors (Lipinski definition) is 2. The molecule has 6 heteroatoms. The van der Waals surface area contributed by atoms with Crippen LogP contribution >= 0.6 is 0 Å². The van der Waals surface area contributed by atoms with Crippen LogP contribution in [0.5, 0.6) is 0 Å². The van der Waals surface area contributed by atoms with Gasteiger partial charge in [0.25, 0.3) is 0 Å². The number of nitrogens with one attached hydrogen (secondary N) is 1. The van der Waals surface area contributed by atoms with Crippen LogP contribution in [0.25, 0.3) is 0 Å². The molecule has 0 atom stereocenters. The Morgan fingerprint density at radius 2 is 2.11 bits per heavy atom. The molecule has 0 saturated carbocycles. The Kier molecular flexibility index (Phi) is 4.97. The van der Waals surface area contributed by atoms with Crippen molar-refractivity contribution in [3.8, 4) is 0 Å². The van der Waals surface area contributed by atoms with Gasteiger partial charge >= 0.3 is 12.1 Å². The molecule has 1 rings (SSSR count). The predicted octanol–water partition coefficient (Wildman–Crippen LogP) is 3.78. The molecule has 0 aliphatic carbocycles. The number of carboxylic acids is 1. The average molecular weight is 273 g/mol. The van der Waals surface area contributed by atoms with Crippen molar-refractivity contribution in [3.05, 3.63) is 41.5 Å². The fourth-order valence-electron chi connectivity index (χ4n) is 1.51. The van der Waals surface area contributed by atoms with E-state index in [1.807, 2.05) is 19.1 Å². The third-order valence-corrected chi connectivity index (χ3v) is 2.44. The summed E-state index contributed by atoms with van der Waals surface area (Å²) in [5.74, 6) is -1.39. The van der Waals surface area contributed by atoms with Crippen molar-refractivity contribution in [2.24, 2.45) is 0 Å². The van der Waals surface area contributed by atoms with Crippen molar-refractivity contribution in [2.75, 3.05) is 11.9 Å². The van der Waals surface area contributed by atoms with Gasteiger partial charge in [-0.25, -0.2) is 4.79 Å². The molecule has 3 nitrogen and oxygen atoms in total. The number of benzene rings is 1. The smallest absolute Gasteiger partial charge is 0.416 e. The van der Waals surface area contributed by atoms with Gasteiger partial charge in [0.05, 0.1) is 11.1 Å². The Morgan fingerprint density at radius 3 is 2.63 bits per heavy atom. The van der Waals surface area contributed by atoms with Gasteiger partial charge in [0.15, 0.2) is 0 Å². The van der Waals surface area contributed by atoms with Crippen molar-refractivity contribution in [3.63, 3.8) is 0 Å². The van der Waals surface area contributed by atoms with Gasteiger partial charge in [-0.15, -0.1) is 0 Å². The molecule has 0 radical (unpaired) electrons. The first-order valence-electron chi connectivity index (χ1n) is 5.66. The Bertz CT molecular complexity index is 481. The molecule has 0 spiro atoms. The molecule has 1 aromatic rings. The van der Waals surface area contributed by atoms with E-state index in [1.165, 1.54) is 0 Å². The van der Waals surface area contributed by atoms with Crippen LogP contribution in [-0.2, 0) is 6.18 Å². The van der Waals surface area contributed by atoms with Gasteiger partial charge in [-0.1, -0.05) is 12.2 Å². The standard InChI is InChI=1S/C13H14F3NO2/c1-2-3-4-7-17-11-6-5-9(13(14,15)16)8-10(11)12(18)19/h2-3,5-6,8,17H,4,7H2,1H3,(H,18,19)/b3-2+. The minimum atomic E-state index is -4.55. The van der Waals surface area contributed by atoms with E-state index in [2.05, 4.69) is 5.32 Å². The Labute approximate surface area is 108 Å². The highest BCUT2D eigenvalue weighted by molar-refractivity contribution is 5.94. The van der Waals surface area contributed by atoms with Crippen LogP contribution in [-0.4, -0.2) is 17.6 Å². The van der Waals surface area contributed by atoms with Crippen LogP contribution in [0.1, 0.15) is 29.3 Å². The van der Waals surface area contributed by atoms with Crippen molar-refractivity contribution in [1.82, 2.24) is 0 Å². The van der Waals surface area contributed by atoms with E-state index in [9.17, 15) is 18.0 Å². The molecule has 0 heterocycles. The number of rotatable bonds is 5. The summed E-state index contributed by atoms with van der Waals surface area (Å²) in [7, 11) is 0. The average Bonchev–Trinajstić information content (AvgIpc) is 2.33. The summed E-state index contributed by atoms with van der Waals surface area (Å²) >= 11 is 0. The van der Waals surface area contributed by atoms with E-state index in [4.69, 9.17) is 5.11 Å². The van der Waals surface area contributed by atoms with Crippen LogP contribution in [0.3, 0.4) is 0 Å². The van der Waals surface area contributed by atoms with Crippen LogP contribution in [0.4, 0.5) is 18.9 Å². The van der Waals surface area contributed by atoms with Gasteiger partial charge in [-0.05, 0) is 31.5 Å². The number of carbonyl (C=O) groups is 1. The second kappa shape index (κ2) is 6.26. The summed E-state index contributed by atoms with van der Waals surface area (Å²) in [5.41, 5.74) is -1.16. The molecule has 19 heavy (non-hydrogen) atoms. The topological polar surface area (TPSA) is 49.3 Å². The Balaban J connectivity index is 2.95. The largest absolute Gasteiger partial charge is 0.478 e. The number of carboxylic acid groups (broad SMARTS) is 1. The zero-order valence-electron chi connectivity index (χ0n) is 10.3. The summed E-state index contributed by atoms with van der Waals surface area (Å²) < 4.78 is 37.5. The highest BCUT2D eigenvalue weighted by atomic mass is 19.4. The normalized spacial score (nSPS) is 11.8. The third-order valence-electron chi connectivity index (χ3n) is 2.44. The van der Waals surface area contributed by atoms with E-state index in [0.29, 0.717) is 19.0 Å². The lowest BCUT2D eigenvalue weighted by molar-refractivity contribution is -0.137. The Morgan fingerprint density at radius 1 is 1.42 bits per heavy atom. The second-order valence-electron chi connectivity index (χ2n) is 3.85. The summed E-state index contributed by atoms with van der Waals surface area (Å²) in [6, 6.07) is 2.65. The first-order valence-corrected chi connectivity index (χ1v) is 5.66. The van der Waals surface area contributed by atoms with Crippen molar-refractivity contribution >= 4 is 11.7 Å². The van der Waals surface area contributed by atoms with Gasteiger partial charge in [-0.3, -0.25) is 0 Å². The van der Waals surface area contributed by atoms with Gasteiger partial charge in [0, 0.05) is 12.2 Å². The SMILES string of the molecule is C/C=C/CCNc1ccc(C(F)(F)F)cc1C(=O)O. The van der Waals surface area contributed by atoms with Crippen molar-refractivity contribution in [2.45, 2.75) is 19.5 Å². The summed E-state index contributed by atoms with van der Waals surface area (Å²) in [4.78, 5) is 11.0. The van der Waals surface area contributed by atoms with E-state index in [0.717, 1.165) is 12.1 Å². The number of hydrogen-bond acceptors (Lipinski definition) is 2. The Hall–Kier alpha value is -1.98. The molecule has 0 aliphatic rings. The van der Waals surface area contributed by atoms with Crippen molar-refractivity contribution < 1.29 is 23.1 Å². The number of halogens is 3. The maximum atomic E-state index is 12.5. The summed E-state index contributed by atoms with van der Waals surface area (Å²) in [6.45, 7) is 2.30. The van der Waals surface area contributed by atoms with Crippen LogP contribution in [0.15, 0.2) is 30.4 Å². The van der Waals surface area contributed by atoms with Gasteiger partial charge in [0.1, 0.15) is 0 Å². The van der Waals surface area contributed by atoms with Crippen LogP contribution in [0, 0.1) is 0 Å². The maximum absolute atomic E-state index is 12.5. The predicted molar refractivity (Wildman–Crippen MR) is 66.3 cm³/mol. The minimum absolute atomic E-state index is 0.185. The zero-order chi connectivity index (χ0) is 14.5. The number of anilines is 1. The molecule has 0 aromatic heterocycles. The first-order chi connectivity index (χ1) is 8.86. The molecule has 0 aliphatic heterocycles. The lowest BCUT2D eigenvalue weighted by atomic mass is 10.1. The van der Waals surface area contributed by atoms with E-state index >= 15 is 0 Å². The lowest BCUT2D eigenvalue weighted by Gasteiger charge is -2.12. The number of aromatic carboxylic acids is 1. The fourth-order valence-corrected chi connectivity index (χ4v) is 1.51. The molecule has 1 aromatic carbocycles. The molecular formula is C13H14F3NO2. The number of alkyl halides is 3. The molecule has 0 saturated heterocycles. The number of allylic oxidation sites excluding steroid dienone is 1. The molecule has 0 amide bonds. The fraction of sp³-hybridized carbons (Fsp3) is 0.308. The zero-order valence-corrected chi connectivity index (χ0v) is 10.3. The van der Waals surface area contributed by atoms with Gasteiger partial charge in [-0.2, -0.15) is 13.2 Å². The van der Waals surface area contributed by atoms with E-state index in [1.54, 1.807) is 0 Å². The monoisotopic (exact) mass is 273 g/mol. The van der Waals surface area contributed by atoms with Gasteiger partial charge < -0.3 is 10.4 Å². The first kappa shape index (κ1) is 15.1. The van der Waals surface area contributed by atoms with Crippen molar-refractivity contribution in [1.29, 1.82) is 0 Å². The van der Waals surface area contributed by atoms with Crippen LogP contribution in [0.2, 0.25) is 0 Å².